The predicted molar refractivity (Wildman–Crippen MR) is 109 cm³/mol. The first-order chi connectivity index (χ1) is 13.5. The smallest absolute Gasteiger partial charge is 0.265 e. The lowest BCUT2D eigenvalue weighted by atomic mass is 10.2. The maximum atomic E-state index is 8.91. The molecule has 2 aromatic carbocycles. The van der Waals surface area contributed by atoms with Gasteiger partial charge in [-0.2, -0.15) is 10.2 Å². The van der Waals surface area contributed by atoms with Crippen molar-refractivity contribution < 1.29 is 4.74 Å². The predicted octanol–water partition coefficient (Wildman–Crippen LogP) is 6.10. The Labute approximate surface area is 174 Å². The fourth-order valence-corrected chi connectivity index (χ4v) is 3.42. The van der Waals surface area contributed by atoms with Crippen LogP contribution >= 0.6 is 34.8 Å². The Hall–Kier alpha value is -2.98. The zero-order chi connectivity index (χ0) is 19.7. The first-order valence-electron chi connectivity index (χ1n) is 7.97. The second-order valence-corrected chi connectivity index (χ2v) is 6.96. The summed E-state index contributed by atoms with van der Waals surface area (Å²) in [4.78, 5) is 8.74. The Morgan fingerprint density at radius 3 is 2.46 bits per heavy atom. The molecule has 1 N–H and O–H groups in total. The summed E-state index contributed by atoms with van der Waals surface area (Å²) < 4.78 is 7.64. The van der Waals surface area contributed by atoms with Crippen molar-refractivity contribution in [1.82, 2.24) is 14.4 Å². The Morgan fingerprint density at radius 2 is 1.79 bits per heavy atom. The van der Waals surface area contributed by atoms with Crippen molar-refractivity contribution >= 4 is 52.0 Å². The zero-order valence-electron chi connectivity index (χ0n) is 14.0. The molecule has 0 spiro atoms. The molecule has 9 heteroatoms. The van der Waals surface area contributed by atoms with E-state index < -0.39 is 0 Å². The Morgan fingerprint density at radius 1 is 1.07 bits per heavy atom. The number of nitrogens with zero attached hydrogens (tertiary/aromatic N) is 4. The molecule has 2 aromatic heterocycles. The van der Waals surface area contributed by atoms with Crippen LogP contribution in [0.15, 0.2) is 55.0 Å². The molecule has 6 nitrogen and oxygen atoms in total. The largest absolute Gasteiger partial charge is 0.433 e. The van der Waals surface area contributed by atoms with Crippen LogP contribution in [-0.4, -0.2) is 14.4 Å². The molecule has 28 heavy (non-hydrogen) atoms. The van der Waals surface area contributed by atoms with Gasteiger partial charge >= 0.3 is 0 Å². The van der Waals surface area contributed by atoms with E-state index in [2.05, 4.69) is 21.4 Å². The number of nitrogens with one attached hydrogen (secondary N) is 1. The first kappa shape index (κ1) is 18.4. The molecule has 0 aliphatic carbocycles. The van der Waals surface area contributed by atoms with E-state index in [4.69, 9.17) is 44.8 Å². The van der Waals surface area contributed by atoms with Crippen LogP contribution in [0, 0.1) is 11.3 Å². The number of benzene rings is 2. The maximum absolute atomic E-state index is 8.91. The van der Waals surface area contributed by atoms with E-state index in [0.29, 0.717) is 22.1 Å². The Kier molecular flexibility index (Phi) is 4.97. The van der Waals surface area contributed by atoms with Crippen LogP contribution in [0.1, 0.15) is 5.56 Å². The lowest BCUT2D eigenvalue weighted by Gasteiger charge is -2.12. The monoisotopic (exact) mass is 429 g/mol. The summed E-state index contributed by atoms with van der Waals surface area (Å²) in [5, 5.41) is 13.0. The van der Waals surface area contributed by atoms with Gasteiger partial charge in [-0.1, -0.05) is 34.8 Å². The molecular weight excluding hydrogens is 421 g/mol. The van der Waals surface area contributed by atoms with Crippen molar-refractivity contribution in [3.05, 3.63) is 75.6 Å². The lowest BCUT2D eigenvalue weighted by molar-refractivity contribution is 0.466. The lowest BCUT2D eigenvalue weighted by Crippen LogP contribution is -2.00. The zero-order valence-corrected chi connectivity index (χ0v) is 16.3. The van der Waals surface area contributed by atoms with E-state index in [-0.39, 0.29) is 21.7 Å². The number of aromatic nitrogens is 3. The maximum Gasteiger partial charge on any atom is 0.265 e. The number of fused-ring (bicyclic) bond motifs is 1. The molecule has 4 aromatic rings. The SMILES string of the molecule is N#Cc1ccc(Nc2cn3ccnc3c(Oc3c(Cl)cc(Cl)cc3Cl)n2)cc1. The number of hydrogen-bond acceptors (Lipinski definition) is 5. The summed E-state index contributed by atoms with van der Waals surface area (Å²) in [5.41, 5.74) is 1.83. The normalized spacial score (nSPS) is 10.6. The van der Waals surface area contributed by atoms with Gasteiger partial charge in [0.2, 0.25) is 5.65 Å². The van der Waals surface area contributed by atoms with Gasteiger partial charge in [-0.25, -0.2) is 4.98 Å². The van der Waals surface area contributed by atoms with Crippen LogP contribution in [0.2, 0.25) is 15.1 Å². The minimum atomic E-state index is 0.217. The van der Waals surface area contributed by atoms with E-state index >= 15 is 0 Å². The molecule has 0 aliphatic rings. The summed E-state index contributed by atoms with van der Waals surface area (Å²) in [5.74, 6) is 0.960. The van der Waals surface area contributed by atoms with Crippen LogP contribution in [0.3, 0.4) is 0 Å². The highest BCUT2D eigenvalue weighted by Crippen LogP contribution is 2.39. The van der Waals surface area contributed by atoms with E-state index in [9.17, 15) is 0 Å². The van der Waals surface area contributed by atoms with E-state index in [0.717, 1.165) is 5.69 Å². The third-order valence-electron chi connectivity index (χ3n) is 3.79. The van der Waals surface area contributed by atoms with Gasteiger partial charge in [0.05, 0.1) is 27.9 Å². The van der Waals surface area contributed by atoms with Gasteiger partial charge in [0.25, 0.3) is 5.88 Å². The van der Waals surface area contributed by atoms with Crippen molar-refractivity contribution in [2.75, 3.05) is 5.32 Å². The molecule has 0 bridgehead atoms. The van der Waals surface area contributed by atoms with Gasteiger partial charge < -0.3 is 10.1 Å². The van der Waals surface area contributed by atoms with Crippen LogP contribution < -0.4 is 10.1 Å². The van der Waals surface area contributed by atoms with Crippen molar-refractivity contribution in [2.24, 2.45) is 0 Å². The van der Waals surface area contributed by atoms with Crippen molar-refractivity contribution in [2.45, 2.75) is 0 Å². The van der Waals surface area contributed by atoms with Gasteiger partial charge in [-0.05, 0) is 36.4 Å². The molecule has 4 rings (SSSR count). The van der Waals surface area contributed by atoms with Crippen molar-refractivity contribution in [1.29, 1.82) is 5.26 Å². The fraction of sp³-hybridized carbons (Fsp3) is 0. The molecule has 2 heterocycles. The quantitative estimate of drug-likeness (QED) is 0.423. The first-order valence-corrected chi connectivity index (χ1v) is 9.10. The van der Waals surface area contributed by atoms with Crippen molar-refractivity contribution in [3.63, 3.8) is 0 Å². The average molecular weight is 431 g/mol. The highest BCUT2D eigenvalue weighted by Gasteiger charge is 2.15. The summed E-state index contributed by atoms with van der Waals surface area (Å²) in [6.07, 6.45) is 5.15. The van der Waals surface area contributed by atoms with Gasteiger partial charge in [-0.3, -0.25) is 4.40 Å². The average Bonchev–Trinajstić information content (AvgIpc) is 3.14. The molecule has 0 fully saturated rings. The van der Waals surface area contributed by atoms with Gasteiger partial charge in [0, 0.05) is 23.1 Å². The molecule has 0 radical (unpaired) electrons. The minimum Gasteiger partial charge on any atom is -0.433 e. The Balaban J connectivity index is 1.72. The third kappa shape index (κ3) is 3.69. The van der Waals surface area contributed by atoms with Crippen LogP contribution in [0.5, 0.6) is 11.6 Å². The van der Waals surface area contributed by atoms with Gasteiger partial charge in [-0.15, -0.1) is 0 Å². The second-order valence-electron chi connectivity index (χ2n) is 5.70. The number of anilines is 2. The minimum absolute atomic E-state index is 0.217. The topological polar surface area (TPSA) is 75.2 Å². The van der Waals surface area contributed by atoms with E-state index in [1.807, 2.05) is 0 Å². The summed E-state index contributed by atoms with van der Waals surface area (Å²) in [6, 6.07) is 12.1. The van der Waals surface area contributed by atoms with E-state index in [1.165, 1.54) is 12.1 Å². The highest BCUT2D eigenvalue weighted by molar-refractivity contribution is 6.40. The number of rotatable bonds is 4. The number of hydrogen-bond donors (Lipinski definition) is 1. The number of nitriles is 1. The molecule has 0 saturated carbocycles. The molecule has 0 aliphatic heterocycles. The molecule has 0 amide bonds. The second kappa shape index (κ2) is 7.56. The van der Waals surface area contributed by atoms with Crippen LogP contribution in [0.4, 0.5) is 11.5 Å². The highest BCUT2D eigenvalue weighted by atomic mass is 35.5. The Bertz CT molecular complexity index is 1190. The number of ether oxygens (including phenoxy) is 1. The number of imidazole rings is 1. The van der Waals surface area contributed by atoms with Crippen LogP contribution in [0.25, 0.3) is 5.65 Å². The summed E-state index contributed by atoms with van der Waals surface area (Å²) in [6.45, 7) is 0. The van der Waals surface area contributed by atoms with Gasteiger partial charge in [0.1, 0.15) is 0 Å². The van der Waals surface area contributed by atoms with Crippen molar-refractivity contribution in [3.8, 4) is 17.7 Å². The third-order valence-corrected chi connectivity index (χ3v) is 4.57. The summed E-state index contributed by atoms with van der Waals surface area (Å²) >= 11 is 18.4. The molecular formula is C19H10Cl3N5O. The van der Waals surface area contributed by atoms with E-state index in [1.54, 1.807) is 47.3 Å². The fourth-order valence-electron chi connectivity index (χ4n) is 2.53. The molecule has 0 saturated heterocycles. The standard InChI is InChI=1S/C19H10Cl3N5O/c20-12-7-14(21)17(15(22)8-12)28-19-18-24-5-6-27(18)10-16(26-19)25-13-3-1-11(9-23)2-4-13/h1-8,10,25H. The van der Waals surface area contributed by atoms with Gasteiger partial charge in [0.15, 0.2) is 11.6 Å². The molecule has 0 atom stereocenters. The number of halogens is 3. The molecule has 0 unspecified atom stereocenters. The molecule has 138 valence electrons. The summed E-state index contributed by atoms with van der Waals surface area (Å²) in [7, 11) is 0. The van der Waals surface area contributed by atoms with Crippen LogP contribution in [-0.2, 0) is 0 Å².